The highest BCUT2D eigenvalue weighted by molar-refractivity contribution is 6.35. The predicted molar refractivity (Wildman–Crippen MR) is 74.8 cm³/mol. The summed E-state index contributed by atoms with van der Waals surface area (Å²) in [4.78, 5) is 36.7. The molecule has 0 saturated carbocycles. The fraction of sp³-hybridized carbons (Fsp3) is 0.545. The zero-order chi connectivity index (χ0) is 16.3. The molecule has 1 aliphatic rings. The summed E-state index contributed by atoms with van der Waals surface area (Å²) in [5, 5.41) is 16.1. The Hall–Kier alpha value is -2.36. The lowest BCUT2D eigenvalue weighted by Gasteiger charge is -2.33. The van der Waals surface area contributed by atoms with Crippen LogP contribution in [0.25, 0.3) is 0 Å². The van der Waals surface area contributed by atoms with Crippen LogP contribution in [0.4, 0.5) is 10.6 Å². The molecule has 2 rings (SSSR count). The molecule has 22 heavy (non-hydrogen) atoms. The zero-order valence-electron chi connectivity index (χ0n) is 11.7. The van der Waals surface area contributed by atoms with Crippen molar-refractivity contribution in [3.8, 4) is 0 Å². The SMILES string of the molecule is CCOC(=O)N1CCN(C(=O)c2n[nH]c([N+](=O)[O-])c2Cl)CC1. The van der Waals surface area contributed by atoms with Crippen LogP contribution in [0, 0.1) is 10.1 Å². The highest BCUT2D eigenvalue weighted by atomic mass is 35.5. The van der Waals surface area contributed by atoms with Gasteiger partial charge in [-0.3, -0.25) is 4.79 Å². The van der Waals surface area contributed by atoms with Gasteiger partial charge in [0.05, 0.1) is 6.61 Å². The van der Waals surface area contributed by atoms with Crippen molar-refractivity contribution in [3.63, 3.8) is 0 Å². The van der Waals surface area contributed by atoms with Crippen molar-refractivity contribution in [3.05, 3.63) is 20.8 Å². The number of ether oxygens (including phenoxy) is 1. The number of aromatic amines is 1. The first kappa shape index (κ1) is 16.0. The summed E-state index contributed by atoms with van der Waals surface area (Å²) in [6, 6.07) is 0. The molecule has 1 N–H and O–H groups in total. The number of nitrogens with one attached hydrogen (secondary N) is 1. The number of halogens is 1. The van der Waals surface area contributed by atoms with E-state index in [1.54, 1.807) is 6.92 Å². The van der Waals surface area contributed by atoms with E-state index >= 15 is 0 Å². The first-order valence-electron chi connectivity index (χ1n) is 6.55. The number of piperazine rings is 1. The van der Waals surface area contributed by atoms with E-state index in [1.165, 1.54) is 9.80 Å². The average molecular weight is 332 g/mol. The van der Waals surface area contributed by atoms with E-state index in [0.29, 0.717) is 13.1 Å². The van der Waals surface area contributed by atoms with Crippen molar-refractivity contribution >= 4 is 29.4 Å². The lowest BCUT2D eigenvalue weighted by Crippen LogP contribution is -2.50. The number of hydrogen-bond acceptors (Lipinski definition) is 6. The second-order valence-electron chi connectivity index (χ2n) is 4.47. The van der Waals surface area contributed by atoms with Crippen LogP contribution in [-0.4, -0.2) is 69.7 Å². The van der Waals surface area contributed by atoms with Crippen molar-refractivity contribution in [2.75, 3.05) is 32.8 Å². The fourth-order valence-electron chi connectivity index (χ4n) is 2.04. The molecule has 0 aromatic carbocycles. The highest BCUT2D eigenvalue weighted by Gasteiger charge is 2.31. The Balaban J connectivity index is 2.01. The molecule has 2 heterocycles. The third kappa shape index (κ3) is 3.11. The Kier molecular flexibility index (Phi) is 4.81. The van der Waals surface area contributed by atoms with E-state index in [-0.39, 0.29) is 30.4 Å². The molecule has 11 heteroatoms. The number of aromatic nitrogens is 2. The van der Waals surface area contributed by atoms with Gasteiger partial charge in [-0.1, -0.05) is 16.7 Å². The van der Waals surface area contributed by atoms with Crippen molar-refractivity contribution in [2.24, 2.45) is 0 Å². The number of hydrogen-bond donors (Lipinski definition) is 1. The minimum Gasteiger partial charge on any atom is -0.450 e. The summed E-state index contributed by atoms with van der Waals surface area (Å²) >= 11 is 5.79. The molecule has 1 aromatic heterocycles. The molecule has 10 nitrogen and oxygen atoms in total. The second-order valence-corrected chi connectivity index (χ2v) is 4.85. The van der Waals surface area contributed by atoms with Gasteiger partial charge in [0.2, 0.25) is 0 Å². The monoisotopic (exact) mass is 331 g/mol. The number of carbonyl (C=O) groups excluding carboxylic acids is 2. The molecular formula is C11H14ClN5O5. The van der Waals surface area contributed by atoms with Crippen LogP contribution in [0.5, 0.6) is 0 Å². The summed E-state index contributed by atoms with van der Waals surface area (Å²) in [7, 11) is 0. The predicted octanol–water partition coefficient (Wildman–Crippen LogP) is 0.886. The number of nitro groups is 1. The maximum Gasteiger partial charge on any atom is 0.409 e. The molecule has 1 fully saturated rings. The van der Waals surface area contributed by atoms with Gasteiger partial charge in [-0.05, 0) is 11.8 Å². The lowest BCUT2D eigenvalue weighted by atomic mass is 10.3. The second kappa shape index (κ2) is 6.60. The van der Waals surface area contributed by atoms with Gasteiger partial charge >= 0.3 is 11.9 Å². The van der Waals surface area contributed by atoms with E-state index in [4.69, 9.17) is 16.3 Å². The summed E-state index contributed by atoms with van der Waals surface area (Å²) in [5.74, 6) is -1.03. The average Bonchev–Trinajstić information content (AvgIpc) is 2.89. The molecule has 120 valence electrons. The first-order valence-corrected chi connectivity index (χ1v) is 6.92. The number of carbonyl (C=O) groups is 2. The van der Waals surface area contributed by atoms with Crippen molar-refractivity contribution in [2.45, 2.75) is 6.92 Å². The molecule has 0 spiro atoms. The van der Waals surface area contributed by atoms with E-state index in [0.717, 1.165) is 0 Å². The van der Waals surface area contributed by atoms with Gasteiger partial charge in [0.15, 0.2) is 10.7 Å². The minimum absolute atomic E-state index is 0.196. The maximum absolute atomic E-state index is 12.3. The first-order chi connectivity index (χ1) is 10.5. The molecule has 1 aliphatic heterocycles. The van der Waals surface area contributed by atoms with Gasteiger partial charge in [0.25, 0.3) is 5.91 Å². The number of rotatable bonds is 3. The van der Waals surface area contributed by atoms with E-state index in [9.17, 15) is 19.7 Å². The van der Waals surface area contributed by atoms with Crippen LogP contribution in [0.15, 0.2) is 0 Å². The normalized spacial score (nSPS) is 14.8. The Morgan fingerprint density at radius 3 is 2.45 bits per heavy atom. The third-order valence-corrected chi connectivity index (χ3v) is 3.53. The van der Waals surface area contributed by atoms with E-state index in [2.05, 4.69) is 10.2 Å². The molecule has 2 amide bonds. The van der Waals surface area contributed by atoms with Gasteiger partial charge < -0.3 is 24.7 Å². The van der Waals surface area contributed by atoms with Gasteiger partial charge in [-0.2, -0.15) is 0 Å². The molecule has 1 saturated heterocycles. The number of amides is 2. The lowest BCUT2D eigenvalue weighted by molar-refractivity contribution is -0.389. The minimum atomic E-state index is -0.745. The molecule has 0 radical (unpaired) electrons. The fourth-order valence-corrected chi connectivity index (χ4v) is 2.27. The summed E-state index contributed by atoms with van der Waals surface area (Å²) in [6.07, 6.45) is -0.428. The molecule has 0 atom stereocenters. The van der Waals surface area contributed by atoms with Gasteiger partial charge in [-0.25, -0.2) is 4.79 Å². The third-order valence-electron chi connectivity index (χ3n) is 3.17. The van der Waals surface area contributed by atoms with Crippen LogP contribution in [0.3, 0.4) is 0 Å². The number of H-pyrrole nitrogens is 1. The Labute approximate surface area is 130 Å². The molecular weight excluding hydrogens is 318 g/mol. The molecule has 0 aliphatic carbocycles. The quantitative estimate of drug-likeness (QED) is 0.648. The zero-order valence-corrected chi connectivity index (χ0v) is 12.5. The molecule has 1 aromatic rings. The van der Waals surface area contributed by atoms with Gasteiger partial charge in [0.1, 0.15) is 0 Å². The topological polar surface area (TPSA) is 122 Å². The van der Waals surface area contributed by atoms with Crippen LogP contribution in [-0.2, 0) is 4.74 Å². The Morgan fingerprint density at radius 2 is 1.95 bits per heavy atom. The van der Waals surface area contributed by atoms with Crippen molar-refractivity contribution < 1.29 is 19.2 Å². The number of nitrogens with zero attached hydrogens (tertiary/aromatic N) is 4. The summed E-state index contributed by atoms with van der Waals surface area (Å²) in [6.45, 7) is 3.17. The van der Waals surface area contributed by atoms with Crippen LogP contribution in [0.1, 0.15) is 17.4 Å². The van der Waals surface area contributed by atoms with Crippen molar-refractivity contribution in [1.82, 2.24) is 20.0 Å². The molecule has 0 bridgehead atoms. The largest absolute Gasteiger partial charge is 0.450 e. The Bertz CT molecular complexity index is 596. The highest BCUT2D eigenvalue weighted by Crippen LogP contribution is 2.26. The van der Waals surface area contributed by atoms with Gasteiger partial charge in [0, 0.05) is 26.2 Å². The smallest absolute Gasteiger partial charge is 0.409 e. The Morgan fingerprint density at radius 1 is 1.36 bits per heavy atom. The van der Waals surface area contributed by atoms with E-state index < -0.39 is 22.7 Å². The molecule has 0 unspecified atom stereocenters. The van der Waals surface area contributed by atoms with Crippen LogP contribution in [0.2, 0.25) is 5.02 Å². The van der Waals surface area contributed by atoms with E-state index in [1.807, 2.05) is 0 Å². The maximum atomic E-state index is 12.3. The van der Waals surface area contributed by atoms with Crippen molar-refractivity contribution in [1.29, 1.82) is 0 Å². The van der Waals surface area contributed by atoms with Crippen LogP contribution >= 0.6 is 11.6 Å². The summed E-state index contributed by atoms with van der Waals surface area (Å²) in [5.41, 5.74) is -0.196. The standard InChI is InChI=1S/C11H14ClN5O5/c1-2-22-11(19)16-5-3-15(4-6-16)10(18)8-7(12)9(14-13-8)17(20)21/h2-6H2,1H3,(H,13,14). The van der Waals surface area contributed by atoms with Crippen LogP contribution < -0.4 is 0 Å². The van der Waals surface area contributed by atoms with Gasteiger partial charge in [-0.15, -0.1) is 5.10 Å². The summed E-state index contributed by atoms with van der Waals surface area (Å²) < 4.78 is 4.88.